The van der Waals surface area contributed by atoms with Crippen molar-refractivity contribution in [2.75, 3.05) is 0 Å². The number of nitrogens with zero attached hydrogens (tertiary/aromatic N) is 1. The molecule has 2 aromatic rings. The van der Waals surface area contributed by atoms with E-state index in [1.165, 1.54) is 0 Å². The first-order valence-corrected chi connectivity index (χ1v) is 7.72. The van der Waals surface area contributed by atoms with E-state index in [2.05, 4.69) is 4.98 Å². The number of benzene rings is 1. The van der Waals surface area contributed by atoms with E-state index in [-0.39, 0.29) is 12.4 Å². The minimum atomic E-state index is -0.592. The van der Waals surface area contributed by atoms with Crippen molar-refractivity contribution in [3.8, 4) is 0 Å². The van der Waals surface area contributed by atoms with Gasteiger partial charge in [-0.15, -0.1) is 0 Å². The summed E-state index contributed by atoms with van der Waals surface area (Å²) in [5.74, 6) is -0.246. The molecule has 23 heavy (non-hydrogen) atoms. The molecule has 1 heterocycles. The summed E-state index contributed by atoms with van der Waals surface area (Å²) in [4.78, 5) is 16.1. The molecule has 0 bridgehead atoms. The zero-order chi connectivity index (χ0) is 17.0. The van der Waals surface area contributed by atoms with Crippen LogP contribution in [0.2, 0.25) is 0 Å². The number of aliphatic hydroxyl groups is 1. The van der Waals surface area contributed by atoms with Gasteiger partial charge in [0, 0.05) is 5.39 Å². The molecule has 0 spiro atoms. The van der Waals surface area contributed by atoms with Crippen molar-refractivity contribution in [3.63, 3.8) is 0 Å². The lowest BCUT2D eigenvalue weighted by atomic mass is 10.1. The summed E-state index contributed by atoms with van der Waals surface area (Å²) in [5.41, 5.74) is 1.96. The largest absolute Gasteiger partial charge is 0.460 e. The zero-order valence-corrected chi connectivity index (χ0v) is 14.0. The molecule has 1 N–H and O–H groups in total. The molecule has 0 aliphatic carbocycles. The van der Waals surface area contributed by atoms with E-state index >= 15 is 0 Å². The monoisotopic (exact) mass is 313 g/mol. The lowest BCUT2D eigenvalue weighted by molar-refractivity contribution is -0.153. The van der Waals surface area contributed by atoms with Crippen molar-refractivity contribution >= 4 is 22.9 Å². The second-order valence-corrected chi connectivity index (χ2v) is 6.56. The Morgan fingerprint density at radius 3 is 2.65 bits per heavy atom. The van der Waals surface area contributed by atoms with E-state index in [0.717, 1.165) is 16.5 Å². The van der Waals surface area contributed by atoms with Crippen molar-refractivity contribution in [1.82, 2.24) is 4.98 Å². The third kappa shape index (κ3) is 5.18. The van der Waals surface area contributed by atoms with Crippen LogP contribution >= 0.6 is 0 Å². The number of pyridine rings is 1. The number of ether oxygens (including phenoxy) is 1. The van der Waals surface area contributed by atoms with Crippen LogP contribution in [0.5, 0.6) is 0 Å². The highest BCUT2D eigenvalue weighted by molar-refractivity contribution is 5.81. The first-order chi connectivity index (χ1) is 10.7. The fourth-order valence-electron chi connectivity index (χ4n) is 2.16. The molecule has 1 aromatic carbocycles. The molecule has 122 valence electrons. The Bertz CT molecular complexity index is 727. The smallest absolute Gasteiger partial charge is 0.310 e. The fourth-order valence-corrected chi connectivity index (χ4v) is 2.16. The number of hydrogen-bond acceptors (Lipinski definition) is 4. The summed E-state index contributed by atoms with van der Waals surface area (Å²) in [6.45, 7) is 7.24. The molecule has 0 amide bonds. The first kappa shape index (κ1) is 17.2. The van der Waals surface area contributed by atoms with Gasteiger partial charge >= 0.3 is 5.97 Å². The molecule has 0 aliphatic heterocycles. The highest BCUT2D eigenvalue weighted by Crippen LogP contribution is 2.19. The maximum absolute atomic E-state index is 11.7. The molecular weight excluding hydrogens is 290 g/mol. The molecule has 1 atom stereocenters. The number of aromatic nitrogens is 1. The highest BCUT2D eigenvalue weighted by atomic mass is 16.6. The predicted molar refractivity (Wildman–Crippen MR) is 91.9 cm³/mol. The van der Waals surface area contributed by atoms with Crippen LogP contribution in [0.1, 0.15) is 51.5 Å². The Morgan fingerprint density at radius 2 is 2.00 bits per heavy atom. The van der Waals surface area contributed by atoms with Crippen molar-refractivity contribution in [3.05, 3.63) is 47.7 Å². The average Bonchev–Trinajstić information content (AvgIpc) is 2.44. The molecule has 0 fully saturated rings. The number of esters is 1. The van der Waals surface area contributed by atoms with Gasteiger partial charge in [0.2, 0.25) is 0 Å². The van der Waals surface area contributed by atoms with E-state index in [1.807, 2.05) is 57.2 Å². The van der Waals surface area contributed by atoms with Crippen LogP contribution in [-0.4, -0.2) is 21.7 Å². The third-order valence-electron chi connectivity index (χ3n) is 3.18. The van der Waals surface area contributed by atoms with Gasteiger partial charge in [-0.2, -0.15) is 0 Å². The summed E-state index contributed by atoms with van der Waals surface area (Å²) in [5, 5.41) is 10.6. The van der Waals surface area contributed by atoms with Crippen LogP contribution in [0.3, 0.4) is 0 Å². The van der Waals surface area contributed by atoms with Gasteiger partial charge in [-0.05, 0) is 45.4 Å². The molecule has 2 rings (SSSR count). The maximum atomic E-state index is 11.7. The number of carbonyl (C=O) groups excluding carboxylic acids is 1. The summed E-state index contributed by atoms with van der Waals surface area (Å²) >= 11 is 0. The SMILES string of the molecule is C[C@@H](O)c1ccc2ccc(C=CCC(=O)OC(C)(C)C)cc2n1. The lowest BCUT2D eigenvalue weighted by Gasteiger charge is -2.18. The van der Waals surface area contributed by atoms with Gasteiger partial charge in [-0.3, -0.25) is 9.78 Å². The van der Waals surface area contributed by atoms with Crippen LogP contribution in [0, 0.1) is 0 Å². The Balaban J connectivity index is 2.11. The number of aliphatic hydroxyl groups excluding tert-OH is 1. The van der Waals surface area contributed by atoms with E-state index in [9.17, 15) is 9.90 Å². The van der Waals surface area contributed by atoms with Crippen LogP contribution in [0.15, 0.2) is 36.4 Å². The van der Waals surface area contributed by atoms with Crippen LogP contribution in [0.4, 0.5) is 0 Å². The Kier molecular flexibility index (Phi) is 5.16. The van der Waals surface area contributed by atoms with Crippen molar-refractivity contribution < 1.29 is 14.6 Å². The average molecular weight is 313 g/mol. The Hall–Kier alpha value is -2.20. The number of hydrogen-bond donors (Lipinski definition) is 1. The van der Waals surface area contributed by atoms with E-state index in [0.29, 0.717) is 5.69 Å². The summed E-state index contributed by atoms with van der Waals surface area (Å²) in [6.07, 6.45) is 3.30. The molecule has 0 saturated heterocycles. The van der Waals surface area contributed by atoms with Gasteiger partial charge in [-0.25, -0.2) is 0 Å². The molecule has 0 radical (unpaired) electrons. The summed E-state index contributed by atoms with van der Waals surface area (Å²) in [6, 6.07) is 9.65. The summed E-state index contributed by atoms with van der Waals surface area (Å²) in [7, 11) is 0. The quantitative estimate of drug-likeness (QED) is 0.866. The van der Waals surface area contributed by atoms with Gasteiger partial charge < -0.3 is 9.84 Å². The van der Waals surface area contributed by atoms with Gasteiger partial charge in [0.15, 0.2) is 0 Å². The van der Waals surface area contributed by atoms with Gasteiger partial charge in [0.25, 0.3) is 0 Å². The van der Waals surface area contributed by atoms with E-state index in [4.69, 9.17) is 4.74 Å². The fraction of sp³-hybridized carbons (Fsp3) is 0.368. The Morgan fingerprint density at radius 1 is 1.30 bits per heavy atom. The first-order valence-electron chi connectivity index (χ1n) is 7.72. The Labute approximate surface area is 136 Å². The standard InChI is InChI=1S/C19H23NO3/c1-13(21)16-11-10-15-9-8-14(12-17(15)20-16)6-5-7-18(22)23-19(2,3)4/h5-6,8-13,21H,7H2,1-4H3/t13-/m1/s1. The minimum Gasteiger partial charge on any atom is -0.460 e. The molecule has 4 nitrogen and oxygen atoms in total. The maximum Gasteiger partial charge on any atom is 0.310 e. The van der Waals surface area contributed by atoms with Gasteiger partial charge in [-0.1, -0.05) is 30.4 Å². The lowest BCUT2D eigenvalue weighted by Crippen LogP contribution is -2.23. The van der Waals surface area contributed by atoms with Crippen LogP contribution < -0.4 is 0 Å². The van der Waals surface area contributed by atoms with Gasteiger partial charge in [0.05, 0.1) is 23.7 Å². The number of carbonyl (C=O) groups is 1. The molecule has 0 unspecified atom stereocenters. The normalized spacial score (nSPS) is 13.4. The van der Waals surface area contributed by atoms with Crippen LogP contribution in [-0.2, 0) is 9.53 Å². The van der Waals surface area contributed by atoms with E-state index in [1.54, 1.807) is 13.0 Å². The second kappa shape index (κ2) is 6.92. The predicted octanol–water partition coefficient (Wildman–Crippen LogP) is 4.03. The van der Waals surface area contributed by atoms with E-state index < -0.39 is 11.7 Å². The van der Waals surface area contributed by atoms with Crippen molar-refractivity contribution in [2.24, 2.45) is 0 Å². The molecular formula is C19H23NO3. The zero-order valence-electron chi connectivity index (χ0n) is 14.0. The van der Waals surface area contributed by atoms with Gasteiger partial charge in [0.1, 0.15) is 5.60 Å². The highest BCUT2D eigenvalue weighted by Gasteiger charge is 2.14. The number of rotatable bonds is 4. The second-order valence-electron chi connectivity index (χ2n) is 6.56. The summed E-state index contributed by atoms with van der Waals surface area (Å²) < 4.78 is 5.26. The van der Waals surface area contributed by atoms with Crippen molar-refractivity contribution in [1.29, 1.82) is 0 Å². The molecule has 0 saturated carbocycles. The third-order valence-corrected chi connectivity index (χ3v) is 3.18. The minimum absolute atomic E-state index is 0.233. The number of fused-ring (bicyclic) bond motifs is 1. The topological polar surface area (TPSA) is 59.4 Å². The molecule has 1 aromatic heterocycles. The van der Waals surface area contributed by atoms with Crippen LogP contribution in [0.25, 0.3) is 17.0 Å². The van der Waals surface area contributed by atoms with Crippen molar-refractivity contribution in [2.45, 2.75) is 45.8 Å². The molecule has 0 aliphatic rings. The molecule has 4 heteroatoms.